The van der Waals surface area contributed by atoms with Crippen LogP contribution in [0.1, 0.15) is 55.7 Å². The number of sulfonamides is 1. The molecule has 236 valence electrons. The van der Waals surface area contributed by atoms with Crippen LogP contribution < -0.4 is 19.1 Å². The fourth-order valence-corrected chi connectivity index (χ4v) is 6.88. The lowest BCUT2D eigenvalue weighted by atomic mass is 9.95. The molecular weight excluding hydrogens is 578 g/mol. The van der Waals surface area contributed by atoms with E-state index in [2.05, 4.69) is 5.32 Å². The summed E-state index contributed by atoms with van der Waals surface area (Å²) in [6, 6.07) is 18.1. The molecule has 1 fully saturated rings. The van der Waals surface area contributed by atoms with E-state index < -0.39 is 28.5 Å². The molecule has 0 saturated heterocycles. The second kappa shape index (κ2) is 14.6. The third-order valence-corrected chi connectivity index (χ3v) is 10.0. The van der Waals surface area contributed by atoms with E-state index in [4.69, 9.17) is 9.47 Å². The SMILES string of the molecule is COc1ccc(OC)c(N(CC(=O)N(Cc2ccccc2C)C(C)C(=O)NC2CCCCC2)S(=O)(=O)c2ccc(C)cc2)c1. The molecule has 1 aliphatic rings. The summed E-state index contributed by atoms with van der Waals surface area (Å²) in [4.78, 5) is 29.4. The number of methoxy groups -OCH3 is 2. The Balaban J connectivity index is 1.75. The zero-order chi connectivity index (χ0) is 31.9. The van der Waals surface area contributed by atoms with Crippen molar-refractivity contribution in [3.05, 3.63) is 83.4 Å². The van der Waals surface area contributed by atoms with Crippen LogP contribution in [-0.2, 0) is 26.2 Å². The lowest BCUT2D eigenvalue weighted by Crippen LogP contribution is -2.53. The van der Waals surface area contributed by atoms with Gasteiger partial charge in [-0.3, -0.25) is 13.9 Å². The van der Waals surface area contributed by atoms with Gasteiger partial charge in [-0.1, -0.05) is 61.2 Å². The van der Waals surface area contributed by atoms with Gasteiger partial charge in [0.25, 0.3) is 10.0 Å². The summed E-state index contributed by atoms with van der Waals surface area (Å²) in [5.74, 6) is -0.136. The van der Waals surface area contributed by atoms with E-state index in [9.17, 15) is 18.0 Å². The Hall–Kier alpha value is -4.05. The first-order valence-corrected chi connectivity index (χ1v) is 16.4. The fourth-order valence-electron chi connectivity index (χ4n) is 5.46. The Morgan fingerprint density at radius 2 is 1.61 bits per heavy atom. The average molecular weight is 622 g/mol. The minimum Gasteiger partial charge on any atom is -0.497 e. The number of amides is 2. The average Bonchev–Trinajstić information content (AvgIpc) is 3.03. The molecule has 0 aromatic heterocycles. The summed E-state index contributed by atoms with van der Waals surface area (Å²) >= 11 is 0. The van der Waals surface area contributed by atoms with Gasteiger partial charge in [0.1, 0.15) is 24.1 Å². The molecule has 1 atom stereocenters. The number of carbonyl (C=O) groups is 2. The van der Waals surface area contributed by atoms with Gasteiger partial charge < -0.3 is 19.7 Å². The summed E-state index contributed by atoms with van der Waals surface area (Å²) in [6.45, 7) is 5.08. The number of hydrogen-bond donors (Lipinski definition) is 1. The molecule has 4 rings (SSSR count). The smallest absolute Gasteiger partial charge is 0.264 e. The number of nitrogens with zero attached hydrogens (tertiary/aromatic N) is 2. The fraction of sp³-hybridized carbons (Fsp3) is 0.412. The Bertz CT molecular complexity index is 1550. The molecule has 9 nitrogen and oxygen atoms in total. The number of rotatable bonds is 12. The molecule has 0 bridgehead atoms. The van der Waals surface area contributed by atoms with Crippen molar-refractivity contribution in [2.24, 2.45) is 0 Å². The molecule has 0 spiro atoms. The number of ether oxygens (including phenoxy) is 2. The number of carbonyl (C=O) groups excluding carboxylic acids is 2. The number of anilines is 1. The van der Waals surface area contributed by atoms with Gasteiger partial charge >= 0.3 is 0 Å². The lowest BCUT2D eigenvalue weighted by Gasteiger charge is -2.34. The van der Waals surface area contributed by atoms with E-state index in [0.29, 0.717) is 5.75 Å². The molecular formula is C34H43N3O6S. The van der Waals surface area contributed by atoms with Crippen LogP contribution in [-0.4, -0.2) is 58.0 Å². The number of benzene rings is 3. The second-order valence-corrected chi connectivity index (χ2v) is 13.2. The van der Waals surface area contributed by atoms with Crippen LogP contribution in [0.5, 0.6) is 11.5 Å². The van der Waals surface area contributed by atoms with Crippen molar-refractivity contribution < 1.29 is 27.5 Å². The van der Waals surface area contributed by atoms with Crippen molar-refractivity contribution in [2.45, 2.75) is 76.4 Å². The molecule has 3 aromatic carbocycles. The topological polar surface area (TPSA) is 105 Å². The lowest BCUT2D eigenvalue weighted by molar-refractivity contribution is -0.139. The molecule has 0 heterocycles. The van der Waals surface area contributed by atoms with Crippen LogP contribution in [0.2, 0.25) is 0 Å². The van der Waals surface area contributed by atoms with Crippen LogP contribution in [0.4, 0.5) is 5.69 Å². The standard InChI is InChI=1S/C34H43N3O6S/c1-24-15-18-30(19-16-24)44(40,41)37(31-21-29(42-4)17-20-32(31)43-5)23-33(38)36(22-27-12-10-9-11-25(27)2)26(3)34(39)35-28-13-7-6-8-14-28/h9-12,15-21,26,28H,6-8,13-14,22-23H2,1-5H3,(H,35,39). The third-order valence-electron chi connectivity index (χ3n) is 8.26. The van der Waals surface area contributed by atoms with Crippen molar-refractivity contribution in [2.75, 3.05) is 25.1 Å². The van der Waals surface area contributed by atoms with Gasteiger partial charge in [0.15, 0.2) is 0 Å². The first-order valence-electron chi connectivity index (χ1n) is 15.0. The summed E-state index contributed by atoms with van der Waals surface area (Å²) in [5, 5.41) is 3.13. The highest BCUT2D eigenvalue weighted by atomic mass is 32.2. The number of hydrogen-bond acceptors (Lipinski definition) is 6. The highest BCUT2D eigenvalue weighted by molar-refractivity contribution is 7.92. The van der Waals surface area contributed by atoms with E-state index in [0.717, 1.165) is 53.1 Å². The summed E-state index contributed by atoms with van der Waals surface area (Å²) < 4.78 is 40.4. The minimum absolute atomic E-state index is 0.0225. The summed E-state index contributed by atoms with van der Waals surface area (Å²) in [7, 11) is -1.34. The third kappa shape index (κ3) is 7.72. The highest BCUT2D eigenvalue weighted by Gasteiger charge is 2.34. The maximum atomic E-state index is 14.3. The molecule has 1 N–H and O–H groups in total. The summed E-state index contributed by atoms with van der Waals surface area (Å²) in [5.41, 5.74) is 2.87. The van der Waals surface area contributed by atoms with Gasteiger partial charge in [0.05, 0.1) is 24.8 Å². The van der Waals surface area contributed by atoms with Gasteiger partial charge in [-0.25, -0.2) is 8.42 Å². The first-order chi connectivity index (χ1) is 21.0. The van der Waals surface area contributed by atoms with Gasteiger partial charge in [-0.15, -0.1) is 0 Å². The highest BCUT2D eigenvalue weighted by Crippen LogP contribution is 2.36. The van der Waals surface area contributed by atoms with E-state index >= 15 is 0 Å². The maximum absolute atomic E-state index is 14.3. The number of nitrogens with one attached hydrogen (secondary N) is 1. The first kappa shape index (κ1) is 32.9. The zero-order valence-electron chi connectivity index (χ0n) is 26.2. The Kier molecular flexibility index (Phi) is 10.9. The van der Waals surface area contributed by atoms with Crippen molar-refractivity contribution in [3.8, 4) is 11.5 Å². The van der Waals surface area contributed by atoms with Crippen molar-refractivity contribution in [1.82, 2.24) is 10.2 Å². The molecule has 0 radical (unpaired) electrons. The van der Waals surface area contributed by atoms with Gasteiger partial charge in [0, 0.05) is 18.7 Å². The molecule has 2 amide bonds. The Morgan fingerprint density at radius 1 is 0.932 bits per heavy atom. The minimum atomic E-state index is -4.26. The van der Waals surface area contributed by atoms with Crippen molar-refractivity contribution in [3.63, 3.8) is 0 Å². The normalized spacial score (nSPS) is 14.4. The van der Waals surface area contributed by atoms with E-state index in [1.54, 1.807) is 31.2 Å². The summed E-state index contributed by atoms with van der Waals surface area (Å²) in [6.07, 6.45) is 5.07. The molecule has 44 heavy (non-hydrogen) atoms. The quantitative estimate of drug-likeness (QED) is 0.291. The monoisotopic (exact) mass is 621 g/mol. The van der Waals surface area contributed by atoms with Crippen LogP contribution in [0.3, 0.4) is 0 Å². The largest absolute Gasteiger partial charge is 0.497 e. The van der Waals surface area contributed by atoms with E-state index in [1.165, 1.54) is 37.3 Å². The Morgan fingerprint density at radius 3 is 2.25 bits per heavy atom. The van der Waals surface area contributed by atoms with Gasteiger partial charge in [0.2, 0.25) is 11.8 Å². The molecule has 10 heteroatoms. The molecule has 1 saturated carbocycles. The molecule has 0 aliphatic heterocycles. The second-order valence-electron chi connectivity index (χ2n) is 11.3. The number of aryl methyl sites for hydroxylation is 2. The maximum Gasteiger partial charge on any atom is 0.264 e. The van der Waals surface area contributed by atoms with Crippen LogP contribution in [0.15, 0.2) is 71.6 Å². The van der Waals surface area contributed by atoms with Crippen LogP contribution >= 0.6 is 0 Å². The van der Waals surface area contributed by atoms with Gasteiger partial charge in [-0.05, 0) is 69.0 Å². The zero-order valence-corrected chi connectivity index (χ0v) is 27.0. The predicted octanol–water partition coefficient (Wildman–Crippen LogP) is 5.38. The Labute approximate surface area is 261 Å². The molecule has 3 aromatic rings. The van der Waals surface area contributed by atoms with Crippen molar-refractivity contribution >= 4 is 27.5 Å². The van der Waals surface area contributed by atoms with Crippen LogP contribution in [0.25, 0.3) is 0 Å². The van der Waals surface area contributed by atoms with Crippen molar-refractivity contribution in [1.29, 1.82) is 0 Å². The predicted molar refractivity (Wildman–Crippen MR) is 171 cm³/mol. The van der Waals surface area contributed by atoms with Crippen LogP contribution in [0, 0.1) is 13.8 Å². The molecule has 1 aliphatic carbocycles. The molecule has 1 unspecified atom stereocenters. The van der Waals surface area contributed by atoms with E-state index in [-0.39, 0.29) is 34.8 Å². The van der Waals surface area contributed by atoms with E-state index in [1.807, 2.05) is 38.1 Å². The van der Waals surface area contributed by atoms with Gasteiger partial charge in [-0.2, -0.15) is 0 Å².